The lowest BCUT2D eigenvalue weighted by molar-refractivity contribution is 0.0693. The van der Waals surface area contributed by atoms with Crippen LogP contribution in [0.5, 0.6) is 0 Å². The van der Waals surface area contributed by atoms with Gasteiger partial charge in [0.25, 0.3) is 17.7 Å². The fourth-order valence-electron chi connectivity index (χ4n) is 2.42. The second-order valence-corrected chi connectivity index (χ2v) is 5.23. The first-order valence-electron chi connectivity index (χ1n) is 6.81. The van der Waals surface area contributed by atoms with Gasteiger partial charge in [-0.25, -0.2) is 0 Å². The number of benzene rings is 2. The fraction of sp³-hybridized carbons (Fsp3) is 0.0625. The molecule has 2 aromatic rings. The zero-order valence-corrected chi connectivity index (χ0v) is 12.3. The molecule has 0 unspecified atom stereocenters. The van der Waals surface area contributed by atoms with E-state index in [-0.39, 0.29) is 22.7 Å². The minimum absolute atomic E-state index is 0.151. The Labute approximate surface area is 131 Å². The number of nitrogen functional groups attached to an aromatic ring is 2. The molecule has 5 N–H and O–H groups in total. The van der Waals surface area contributed by atoms with Crippen molar-refractivity contribution < 1.29 is 14.4 Å². The van der Waals surface area contributed by atoms with E-state index in [2.05, 4.69) is 5.32 Å². The molecule has 0 aromatic heterocycles. The second-order valence-electron chi connectivity index (χ2n) is 5.23. The van der Waals surface area contributed by atoms with Gasteiger partial charge in [-0.3, -0.25) is 19.3 Å². The van der Waals surface area contributed by atoms with Crippen LogP contribution in [0, 0.1) is 0 Å². The number of amides is 3. The lowest BCUT2D eigenvalue weighted by Gasteiger charge is -2.08. The van der Waals surface area contributed by atoms with Crippen LogP contribution in [0.25, 0.3) is 0 Å². The molecule has 0 saturated carbocycles. The van der Waals surface area contributed by atoms with Crippen LogP contribution in [0.1, 0.15) is 31.1 Å². The molecule has 0 atom stereocenters. The Morgan fingerprint density at radius 3 is 2.35 bits per heavy atom. The fourth-order valence-corrected chi connectivity index (χ4v) is 2.42. The number of nitrogens with zero attached hydrogens (tertiary/aromatic N) is 1. The maximum atomic E-state index is 12.2. The number of imide groups is 1. The Balaban J connectivity index is 1.92. The lowest BCUT2D eigenvalue weighted by atomic mass is 10.1. The van der Waals surface area contributed by atoms with Gasteiger partial charge in [-0.2, -0.15) is 0 Å². The average Bonchev–Trinajstić information content (AvgIpc) is 2.73. The van der Waals surface area contributed by atoms with Gasteiger partial charge >= 0.3 is 0 Å². The third kappa shape index (κ3) is 2.38. The van der Waals surface area contributed by atoms with E-state index in [1.54, 1.807) is 24.3 Å². The van der Waals surface area contributed by atoms with E-state index in [0.717, 1.165) is 4.90 Å². The number of nitrogens with two attached hydrogens (primary N) is 2. The molecule has 0 saturated heterocycles. The van der Waals surface area contributed by atoms with Crippen molar-refractivity contribution in [2.24, 2.45) is 0 Å². The molecule has 0 aliphatic carbocycles. The second kappa shape index (κ2) is 5.13. The van der Waals surface area contributed by atoms with Gasteiger partial charge < -0.3 is 16.8 Å². The van der Waals surface area contributed by atoms with Gasteiger partial charge in [-0.15, -0.1) is 0 Å². The zero-order valence-electron chi connectivity index (χ0n) is 12.3. The summed E-state index contributed by atoms with van der Waals surface area (Å²) in [6.07, 6.45) is 0. The summed E-state index contributed by atoms with van der Waals surface area (Å²) in [7, 11) is 1.39. The van der Waals surface area contributed by atoms with E-state index in [9.17, 15) is 14.4 Å². The Bertz CT molecular complexity index is 843. The van der Waals surface area contributed by atoms with Crippen LogP contribution < -0.4 is 16.8 Å². The van der Waals surface area contributed by atoms with E-state index in [1.807, 2.05) is 0 Å². The molecule has 7 heteroatoms. The summed E-state index contributed by atoms with van der Waals surface area (Å²) < 4.78 is 0. The van der Waals surface area contributed by atoms with Crippen LogP contribution in [0.4, 0.5) is 17.1 Å². The molecular weight excluding hydrogens is 296 g/mol. The highest BCUT2D eigenvalue weighted by Crippen LogP contribution is 2.30. The molecule has 23 heavy (non-hydrogen) atoms. The van der Waals surface area contributed by atoms with Crippen LogP contribution in [-0.4, -0.2) is 29.7 Å². The van der Waals surface area contributed by atoms with Crippen molar-refractivity contribution in [1.82, 2.24) is 4.90 Å². The first kappa shape index (κ1) is 14.6. The van der Waals surface area contributed by atoms with Crippen molar-refractivity contribution >= 4 is 34.8 Å². The van der Waals surface area contributed by atoms with Crippen molar-refractivity contribution in [2.45, 2.75) is 0 Å². The summed E-state index contributed by atoms with van der Waals surface area (Å²) in [5.74, 6) is -1.26. The number of carbonyl (C=O) groups excluding carboxylic acids is 3. The summed E-state index contributed by atoms with van der Waals surface area (Å²) in [6.45, 7) is 0. The number of nitrogens with one attached hydrogen (secondary N) is 1. The predicted molar refractivity (Wildman–Crippen MR) is 86.1 cm³/mol. The van der Waals surface area contributed by atoms with Gasteiger partial charge in [0, 0.05) is 29.7 Å². The molecule has 3 amide bonds. The van der Waals surface area contributed by atoms with Crippen molar-refractivity contribution in [2.75, 3.05) is 23.8 Å². The number of fused-ring (bicyclic) bond motifs is 1. The Kier molecular flexibility index (Phi) is 3.25. The van der Waals surface area contributed by atoms with E-state index in [1.165, 1.54) is 19.2 Å². The smallest absolute Gasteiger partial charge is 0.263 e. The first-order valence-corrected chi connectivity index (χ1v) is 6.81. The number of carbonyl (C=O) groups is 3. The highest BCUT2D eigenvalue weighted by Gasteiger charge is 2.35. The van der Waals surface area contributed by atoms with Crippen LogP contribution >= 0.6 is 0 Å². The van der Waals surface area contributed by atoms with Gasteiger partial charge in [-0.1, -0.05) is 0 Å². The Morgan fingerprint density at radius 1 is 1.04 bits per heavy atom. The summed E-state index contributed by atoms with van der Waals surface area (Å²) in [6, 6.07) is 9.31. The largest absolute Gasteiger partial charge is 0.399 e. The quantitative estimate of drug-likeness (QED) is 0.571. The monoisotopic (exact) mass is 310 g/mol. The summed E-state index contributed by atoms with van der Waals surface area (Å²) in [5, 5.41) is 2.66. The summed E-state index contributed by atoms with van der Waals surface area (Å²) in [5.41, 5.74) is 13.3. The molecule has 3 rings (SSSR count). The molecule has 7 nitrogen and oxygen atoms in total. The highest BCUT2D eigenvalue weighted by atomic mass is 16.2. The molecule has 1 aliphatic heterocycles. The standard InChI is InChI=1S/C16H14N4O3/c1-20-15(22)11-6-10(7-12(18)13(11)16(20)23)19-14(21)8-2-4-9(17)5-3-8/h2-7H,17-18H2,1H3,(H,19,21). The Morgan fingerprint density at radius 2 is 1.70 bits per heavy atom. The predicted octanol–water partition coefficient (Wildman–Crippen LogP) is 1.33. The van der Waals surface area contributed by atoms with E-state index < -0.39 is 11.8 Å². The minimum Gasteiger partial charge on any atom is -0.399 e. The van der Waals surface area contributed by atoms with Gasteiger partial charge in [0.2, 0.25) is 0 Å². The topological polar surface area (TPSA) is 119 Å². The SMILES string of the molecule is CN1C(=O)c2cc(NC(=O)c3ccc(N)cc3)cc(N)c2C1=O. The summed E-state index contributed by atoms with van der Waals surface area (Å²) in [4.78, 5) is 37.2. The van der Waals surface area contributed by atoms with Gasteiger partial charge in [0.15, 0.2) is 0 Å². The maximum absolute atomic E-state index is 12.2. The van der Waals surface area contributed by atoms with E-state index >= 15 is 0 Å². The van der Waals surface area contributed by atoms with Crippen LogP contribution in [0.15, 0.2) is 36.4 Å². The first-order chi connectivity index (χ1) is 10.9. The maximum Gasteiger partial charge on any atom is 0.263 e. The lowest BCUT2D eigenvalue weighted by Crippen LogP contribution is -2.24. The van der Waals surface area contributed by atoms with E-state index in [0.29, 0.717) is 16.9 Å². The number of rotatable bonds is 2. The Hall–Kier alpha value is -3.35. The number of hydrogen-bond donors (Lipinski definition) is 3. The molecule has 0 radical (unpaired) electrons. The normalized spacial score (nSPS) is 13.2. The number of hydrogen-bond acceptors (Lipinski definition) is 5. The van der Waals surface area contributed by atoms with Gasteiger partial charge in [-0.05, 0) is 36.4 Å². The number of anilines is 3. The minimum atomic E-state index is -0.445. The average molecular weight is 310 g/mol. The van der Waals surface area contributed by atoms with Crippen LogP contribution in [0.3, 0.4) is 0 Å². The highest BCUT2D eigenvalue weighted by molar-refractivity contribution is 6.24. The van der Waals surface area contributed by atoms with Gasteiger partial charge in [0.05, 0.1) is 11.1 Å². The van der Waals surface area contributed by atoms with Crippen molar-refractivity contribution in [1.29, 1.82) is 0 Å². The third-order valence-electron chi connectivity index (χ3n) is 3.65. The molecule has 0 bridgehead atoms. The van der Waals surface area contributed by atoms with Gasteiger partial charge in [0.1, 0.15) is 0 Å². The van der Waals surface area contributed by atoms with E-state index in [4.69, 9.17) is 11.5 Å². The molecule has 0 spiro atoms. The third-order valence-corrected chi connectivity index (χ3v) is 3.65. The molecule has 1 heterocycles. The molecule has 116 valence electrons. The molecule has 2 aromatic carbocycles. The molecule has 0 fully saturated rings. The molecular formula is C16H14N4O3. The zero-order chi connectivity index (χ0) is 16.7. The van der Waals surface area contributed by atoms with Crippen LogP contribution in [0.2, 0.25) is 0 Å². The van der Waals surface area contributed by atoms with Crippen molar-refractivity contribution in [3.8, 4) is 0 Å². The van der Waals surface area contributed by atoms with Crippen molar-refractivity contribution in [3.63, 3.8) is 0 Å². The molecule has 1 aliphatic rings. The van der Waals surface area contributed by atoms with Crippen molar-refractivity contribution in [3.05, 3.63) is 53.1 Å². The summed E-state index contributed by atoms with van der Waals surface area (Å²) >= 11 is 0. The van der Waals surface area contributed by atoms with Crippen LogP contribution in [-0.2, 0) is 0 Å².